The number of anilines is 1. The lowest BCUT2D eigenvalue weighted by Crippen LogP contribution is -2.30. The number of rotatable bonds is 7. The molecule has 0 amide bonds. The largest absolute Gasteiger partial charge is 0.375 e. The van der Waals surface area contributed by atoms with Gasteiger partial charge in [0.2, 0.25) is 10.0 Å². The van der Waals surface area contributed by atoms with Crippen LogP contribution in [0.25, 0.3) is 0 Å². The Balaban J connectivity index is 2.29. The molecule has 9 heteroatoms. The minimum Gasteiger partial charge on any atom is -0.375 e. The first kappa shape index (κ1) is 19.2. The minimum absolute atomic E-state index is 0.152. The second-order valence-corrected chi connectivity index (χ2v) is 7.85. The number of benzene rings is 2. The van der Waals surface area contributed by atoms with E-state index in [2.05, 4.69) is 10.0 Å². The molecule has 0 aliphatic rings. The van der Waals surface area contributed by atoms with Gasteiger partial charge in [0.1, 0.15) is 5.69 Å². The maximum Gasteiger partial charge on any atom is 0.293 e. The zero-order chi connectivity index (χ0) is 18.6. The van der Waals surface area contributed by atoms with Crippen LogP contribution in [0.3, 0.4) is 0 Å². The predicted molar refractivity (Wildman–Crippen MR) is 97.3 cm³/mol. The van der Waals surface area contributed by atoms with Crippen molar-refractivity contribution >= 4 is 33.0 Å². The summed E-state index contributed by atoms with van der Waals surface area (Å²) in [6.07, 6.45) is 0. The minimum atomic E-state index is -3.80. The number of hydrogen-bond donors (Lipinski definition) is 2. The van der Waals surface area contributed by atoms with Crippen molar-refractivity contribution in [3.05, 3.63) is 63.2 Å². The first-order chi connectivity index (χ1) is 11.7. The molecule has 0 saturated carbocycles. The van der Waals surface area contributed by atoms with E-state index in [4.69, 9.17) is 11.6 Å². The van der Waals surface area contributed by atoms with Crippen LogP contribution >= 0.6 is 11.6 Å². The number of nitrogens with zero attached hydrogens (tertiary/aromatic N) is 1. The third kappa shape index (κ3) is 5.15. The number of nitro groups is 1. The molecule has 25 heavy (non-hydrogen) atoms. The van der Waals surface area contributed by atoms with Gasteiger partial charge in [0, 0.05) is 23.7 Å². The van der Waals surface area contributed by atoms with Gasteiger partial charge in [-0.25, -0.2) is 13.1 Å². The molecule has 0 heterocycles. The van der Waals surface area contributed by atoms with Gasteiger partial charge in [-0.05, 0) is 43.7 Å². The average molecular weight is 384 g/mol. The molecular weight excluding hydrogens is 366 g/mol. The Hall–Kier alpha value is -2.16. The smallest absolute Gasteiger partial charge is 0.293 e. The molecule has 0 saturated heterocycles. The molecule has 2 aromatic rings. The van der Waals surface area contributed by atoms with Gasteiger partial charge in [0.05, 0.1) is 9.82 Å². The number of halogens is 1. The summed E-state index contributed by atoms with van der Waals surface area (Å²) in [6, 6.07) is 10.5. The number of nitrogens with one attached hydrogen (secondary N) is 2. The summed E-state index contributed by atoms with van der Waals surface area (Å²) in [5.74, 6) is 0. The lowest BCUT2D eigenvalue weighted by Gasteiger charge is -2.12. The lowest BCUT2D eigenvalue weighted by molar-refractivity contribution is -0.384. The fourth-order valence-electron chi connectivity index (χ4n) is 2.20. The quantitative estimate of drug-likeness (QED) is 0.562. The van der Waals surface area contributed by atoms with Crippen molar-refractivity contribution < 1.29 is 13.3 Å². The van der Waals surface area contributed by atoms with Crippen LogP contribution in [0.2, 0.25) is 5.02 Å². The van der Waals surface area contributed by atoms with Gasteiger partial charge in [-0.2, -0.15) is 0 Å². The molecular formula is C16H18ClN3O4S. The maximum atomic E-state index is 12.2. The highest BCUT2D eigenvalue weighted by atomic mass is 35.5. The van der Waals surface area contributed by atoms with E-state index in [0.29, 0.717) is 11.6 Å². The van der Waals surface area contributed by atoms with Crippen LogP contribution < -0.4 is 10.0 Å². The molecule has 0 aromatic heterocycles. The van der Waals surface area contributed by atoms with Crippen molar-refractivity contribution in [3.63, 3.8) is 0 Å². The fraction of sp³-hybridized carbons (Fsp3) is 0.250. The average Bonchev–Trinajstić information content (AvgIpc) is 2.51. The summed E-state index contributed by atoms with van der Waals surface area (Å²) in [6.45, 7) is 3.66. The van der Waals surface area contributed by atoms with Crippen molar-refractivity contribution in [1.29, 1.82) is 0 Å². The highest BCUT2D eigenvalue weighted by molar-refractivity contribution is 7.89. The monoisotopic (exact) mass is 383 g/mol. The Kier molecular flexibility index (Phi) is 5.99. The predicted octanol–water partition coefficient (Wildman–Crippen LogP) is 3.55. The summed E-state index contributed by atoms with van der Waals surface area (Å²) in [7, 11) is -3.80. The molecule has 0 unspecified atom stereocenters. The Morgan fingerprint density at radius 2 is 1.92 bits per heavy atom. The summed E-state index contributed by atoms with van der Waals surface area (Å²) in [4.78, 5) is 10.5. The molecule has 134 valence electrons. The topological polar surface area (TPSA) is 101 Å². The second kappa shape index (κ2) is 7.81. The van der Waals surface area contributed by atoms with Gasteiger partial charge in [-0.1, -0.05) is 23.7 Å². The molecule has 0 aliphatic carbocycles. The molecule has 0 atom stereocenters. The van der Waals surface area contributed by atoms with Crippen LogP contribution in [0, 0.1) is 10.1 Å². The van der Waals surface area contributed by atoms with Crippen molar-refractivity contribution in [2.75, 3.05) is 5.32 Å². The van der Waals surface area contributed by atoms with Crippen molar-refractivity contribution in [3.8, 4) is 0 Å². The summed E-state index contributed by atoms with van der Waals surface area (Å²) in [5, 5.41) is 14.8. The first-order valence-electron chi connectivity index (χ1n) is 7.48. The molecule has 2 aromatic carbocycles. The molecule has 0 fully saturated rings. The van der Waals surface area contributed by atoms with Gasteiger partial charge in [0.15, 0.2) is 0 Å². The Morgan fingerprint density at radius 3 is 2.52 bits per heavy atom. The van der Waals surface area contributed by atoms with Gasteiger partial charge >= 0.3 is 0 Å². The van der Waals surface area contributed by atoms with Gasteiger partial charge < -0.3 is 5.32 Å². The summed E-state index contributed by atoms with van der Waals surface area (Å²) < 4.78 is 26.8. The Morgan fingerprint density at radius 1 is 1.20 bits per heavy atom. The third-order valence-electron chi connectivity index (χ3n) is 3.24. The van der Waals surface area contributed by atoms with Crippen molar-refractivity contribution in [2.45, 2.75) is 31.3 Å². The highest BCUT2D eigenvalue weighted by Gasteiger charge is 2.22. The molecule has 7 nitrogen and oxygen atoms in total. The zero-order valence-electron chi connectivity index (χ0n) is 13.7. The second-order valence-electron chi connectivity index (χ2n) is 5.70. The fourth-order valence-corrected chi connectivity index (χ4v) is 3.69. The van der Waals surface area contributed by atoms with E-state index in [1.807, 2.05) is 6.07 Å². The van der Waals surface area contributed by atoms with E-state index < -0.39 is 14.9 Å². The van der Waals surface area contributed by atoms with E-state index in [9.17, 15) is 18.5 Å². The van der Waals surface area contributed by atoms with E-state index >= 15 is 0 Å². The van der Waals surface area contributed by atoms with Gasteiger partial charge in [-0.15, -0.1) is 0 Å². The van der Waals surface area contributed by atoms with Crippen LogP contribution in [0.1, 0.15) is 19.4 Å². The van der Waals surface area contributed by atoms with Crippen LogP contribution in [0.4, 0.5) is 11.4 Å². The number of nitro benzene ring substituents is 1. The third-order valence-corrected chi connectivity index (χ3v) is 5.13. The molecule has 2 rings (SSSR count). The van der Waals surface area contributed by atoms with Crippen LogP contribution in [-0.2, 0) is 16.6 Å². The highest BCUT2D eigenvalue weighted by Crippen LogP contribution is 2.28. The Labute approximate surface area is 151 Å². The van der Waals surface area contributed by atoms with E-state index in [1.165, 1.54) is 12.1 Å². The van der Waals surface area contributed by atoms with Crippen LogP contribution in [-0.4, -0.2) is 19.4 Å². The van der Waals surface area contributed by atoms with E-state index in [-0.39, 0.29) is 22.3 Å². The van der Waals surface area contributed by atoms with Crippen molar-refractivity contribution in [2.24, 2.45) is 0 Å². The van der Waals surface area contributed by atoms with Gasteiger partial charge in [-0.3, -0.25) is 10.1 Å². The SMILES string of the molecule is CC(C)NS(=O)(=O)c1ccc(NCc2cccc(Cl)c2)c([N+](=O)[O-])c1. The van der Waals surface area contributed by atoms with Crippen LogP contribution in [0.5, 0.6) is 0 Å². The standard InChI is InChI=1S/C16H18ClN3O4S/c1-11(2)19-25(23,24)14-6-7-15(16(9-14)20(21)22)18-10-12-4-3-5-13(17)8-12/h3-9,11,18-19H,10H2,1-2H3. The maximum absolute atomic E-state index is 12.2. The van der Waals surface area contributed by atoms with Crippen molar-refractivity contribution in [1.82, 2.24) is 4.72 Å². The van der Waals surface area contributed by atoms with Gasteiger partial charge in [0.25, 0.3) is 5.69 Å². The number of sulfonamides is 1. The van der Waals surface area contributed by atoms with E-state index in [1.54, 1.807) is 32.0 Å². The lowest BCUT2D eigenvalue weighted by atomic mass is 10.2. The van der Waals surface area contributed by atoms with Crippen LogP contribution in [0.15, 0.2) is 47.4 Å². The number of hydrogen-bond acceptors (Lipinski definition) is 5. The molecule has 0 bridgehead atoms. The zero-order valence-corrected chi connectivity index (χ0v) is 15.3. The first-order valence-corrected chi connectivity index (χ1v) is 9.34. The molecule has 2 N–H and O–H groups in total. The molecule has 0 radical (unpaired) electrons. The van der Waals surface area contributed by atoms with E-state index in [0.717, 1.165) is 11.6 Å². The normalized spacial score (nSPS) is 11.5. The molecule has 0 spiro atoms. The molecule has 0 aliphatic heterocycles. The Bertz CT molecular complexity index is 885. The summed E-state index contributed by atoms with van der Waals surface area (Å²) in [5.41, 5.74) is 0.766. The summed E-state index contributed by atoms with van der Waals surface area (Å²) >= 11 is 5.91.